The van der Waals surface area contributed by atoms with Gasteiger partial charge in [-0.1, -0.05) is 13.0 Å². The van der Waals surface area contributed by atoms with Gasteiger partial charge in [0.25, 0.3) is 0 Å². The van der Waals surface area contributed by atoms with Crippen molar-refractivity contribution in [3.05, 3.63) is 24.3 Å². The average molecular weight is 362 g/mol. The maximum absolute atomic E-state index is 5.34. The minimum absolute atomic E-state index is 0.616. The summed E-state index contributed by atoms with van der Waals surface area (Å²) in [6, 6.07) is 8.91. The number of nitrogens with one attached hydrogen (secondary N) is 1. The molecule has 1 saturated heterocycles. The number of benzene rings is 1. The molecule has 146 valence electrons. The van der Waals surface area contributed by atoms with Crippen molar-refractivity contribution in [3.63, 3.8) is 0 Å². The van der Waals surface area contributed by atoms with Gasteiger partial charge in [-0.15, -0.1) is 0 Å². The number of hydrogen-bond donors (Lipinski definition) is 1. The van der Waals surface area contributed by atoms with Crippen molar-refractivity contribution in [1.82, 2.24) is 15.1 Å². The highest BCUT2D eigenvalue weighted by Crippen LogP contribution is 2.22. The molecule has 0 radical (unpaired) electrons. The van der Waals surface area contributed by atoms with Gasteiger partial charge in [0.1, 0.15) is 5.75 Å². The lowest BCUT2D eigenvalue weighted by atomic mass is 10.2. The number of likely N-dealkylation sites (N-methyl/N-ethyl adjacent to an activating group) is 1. The summed E-state index contributed by atoms with van der Waals surface area (Å²) in [6.07, 6.45) is 1.18. The van der Waals surface area contributed by atoms with Crippen LogP contribution < -0.4 is 15.0 Å². The predicted molar refractivity (Wildman–Crippen MR) is 111 cm³/mol. The van der Waals surface area contributed by atoms with E-state index in [1.807, 2.05) is 13.1 Å². The van der Waals surface area contributed by atoms with E-state index in [1.165, 1.54) is 12.1 Å². The molecule has 26 heavy (non-hydrogen) atoms. The lowest BCUT2D eigenvalue weighted by Crippen LogP contribution is -2.53. The molecule has 1 atom stereocenters. The first-order valence-corrected chi connectivity index (χ1v) is 9.63. The zero-order chi connectivity index (χ0) is 18.9. The average Bonchev–Trinajstić information content (AvgIpc) is 2.70. The van der Waals surface area contributed by atoms with E-state index in [9.17, 15) is 0 Å². The predicted octanol–water partition coefficient (Wildman–Crippen LogP) is 2.12. The molecule has 6 heteroatoms. The Morgan fingerprint density at radius 1 is 1.31 bits per heavy atom. The lowest BCUT2D eigenvalue weighted by Gasteiger charge is -2.38. The van der Waals surface area contributed by atoms with E-state index in [2.05, 4.69) is 64.1 Å². The minimum atomic E-state index is 0.616. The molecule has 2 rings (SSSR count). The van der Waals surface area contributed by atoms with Crippen LogP contribution in [-0.4, -0.2) is 82.3 Å². The molecule has 1 N–H and O–H groups in total. The number of anilines is 1. The first kappa shape index (κ1) is 20.4. The lowest BCUT2D eigenvalue weighted by molar-refractivity contribution is 0.254. The second kappa shape index (κ2) is 10.3. The summed E-state index contributed by atoms with van der Waals surface area (Å²) in [5, 5.41) is 3.52. The fraction of sp³-hybridized carbons (Fsp3) is 0.650. The fourth-order valence-electron chi connectivity index (χ4n) is 3.19. The van der Waals surface area contributed by atoms with Gasteiger partial charge in [0.05, 0.1) is 7.11 Å². The van der Waals surface area contributed by atoms with Gasteiger partial charge in [0, 0.05) is 64.1 Å². The smallest absolute Gasteiger partial charge is 0.193 e. The third-order valence-electron chi connectivity index (χ3n) is 5.30. The SMILES string of the molecule is CCC(C)N(C)CCNC(=NC)N1CCN(c2cccc(OC)c2)CC1. The van der Waals surface area contributed by atoms with Crippen molar-refractivity contribution in [1.29, 1.82) is 0 Å². The molecule has 1 unspecified atom stereocenters. The van der Waals surface area contributed by atoms with Crippen LogP contribution >= 0.6 is 0 Å². The topological polar surface area (TPSA) is 43.3 Å². The third kappa shape index (κ3) is 5.53. The highest BCUT2D eigenvalue weighted by atomic mass is 16.5. The van der Waals surface area contributed by atoms with Gasteiger partial charge in [-0.05, 0) is 32.5 Å². The molecular formula is C20H35N5O. The number of hydrogen-bond acceptors (Lipinski definition) is 4. The summed E-state index contributed by atoms with van der Waals surface area (Å²) in [5.74, 6) is 1.92. The van der Waals surface area contributed by atoms with Crippen LogP contribution in [0, 0.1) is 0 Å². The molecule has 1 heterocycles. The minimum Gasteiger partial charge on any atom is -0.497 e. The van der Waals surface area contributed by atoms with Crippen molar-refractivity contribution in [2.75, 3.05) is 65.4 Å². The second-order valence-corrected chi connectivity index (χ2v) is 6.89. The van der Waals surface area contributed by atoms with Crippen molar-refractivity contribution in [3.8, 4) is 5.75 Å². The van der Waals surface area contributed by atoms with Crippen LogP contribution in [0.5, 0.6) is 5.75 Å². The number of nitrogens with zero attached hydrogens (tertiary/aromatic N) is 4. The van der Waals surface area contributed by atoms with Gasteiger partial charge in [0.2, 0.25) is 0 Å². The van der Waals surface area contributed by atoms with Crippen molar-refractivity contribution in [2.45, 2.75) is 26.3 Å². The summed E-state index contributed by atoms with van der Waals surface area (Å²) < 4.78 is 5.34. The molecule has 1 fully saturated rings. The van der Waals surface area contributed by atoms with Crippen LogP contribution in [0.1, 0.15) is 20.3 Å². The molecular weight excluding hydrogens is 326 g/mol. The number of ether oxygens (including phenoxy) is 1. The Morgan fingerprint density at radius 2 is 2.04 bits per heavy atom. The Labute approximate surface area is 158 Å². The van der Waals surface area contributed by atoms with E-state index < -0.39 is 0 Å². The van der Waals surface area contributed by atoms with Crippen molar-refractivity contribution < 1.29 is 4.74 Å². The summed E-state index contributed by atoms with van der Waals surface area (Å²) in [4.78, 5) is 11.6. The van der Waals surface area contributed by atoms with Crippen LogP contribution in [0.4, 0.5) is 5.69 Å². The molecule has 1 aliphatic heterocycles. The summed E-state index contributed by atoms with van der Waals surface area (Å²) >= 11 is 0. The monoisotopic (exact) mass is 361 g/mol. The van der Waals surface area contributed by atoms with Crippen LogP contribution in [0.3, 0.4) is 0 Å². The molecule has 0 aromatic heterocycles. The van der Waals surface area contributed by atoms with E-state index in [-0.39, 0.29) is 0 Å². The third-order valence-corrected chi connectivity index (χ3v) is 5.30. The van der Waals surface area contributed by atoms with E-state index in [1.54, 1.807) is 7.11 Å². The molecule has 0 saturated carbocycles. The maximum atomic E-state index is 5.34. The van der Waals surface area contributed by atoms with E-state index in [0.717, 1.165) is 51.0 Å². The Kier molecular flexibility index (Phi) is 8.04. The zero-order valence-electron chi connectivity index (χ0n) is 17.0. The van der Waals surface area contributed by atoms with E-state index >= 15 is 0 Å². The maximum Gasteiger partial charge on any atom is 0.193 e. The van der Waals surface area contributed by atoms with Gasteiger partial charge in [0.15, 0.2) is 5.96 Å². The number of aliphatic imine (C=N–C) groups is 1. The highest BCUT2D eigenvalue weighted by Gasteiger charge is 2.20. The Morgan fingerprint density at radius 3 is 2.65 bits per heavy atom. The highest BCUT2D eigenvalue weighted by molar-refractivity contribution is 5.80. The van der Waals surface area contributed by atoms with Crippen LogP contribution in [0.25, 0.3) is 0 Å². The standard InChI is InChI=1S/C20H35N5O/c1-6-17(2)23(4)11-10-22-20(21-3)25-14-12-24(13-15-25)18-8-7-9-19(16-18)26-5/h7-9,16-17H,6,10-15H2,1-5H3,(H,21,22). The van der Waals surface area contributed by atoms with Gasteiger partial charge in [-0.3, -0.25) is 4.99 Å². The Balaban J connectivity index is 1.81. The molecule has 0 aliphatic carbocycles. The van der Waals surface area contributed by atoms with E-state index in [4.69, 9.17) is 4.74 Å². The van der Waals surface area contributed by atoms with Gasteiger partial charge in [-0.2, -0.15) is 0 Å². The summed E-state index contributed by atoms with van der Waals surface area (Å²) in [7, 11) is 5.77. The number of guanidine groups is 1. The molecule has 0 amide bonds. The van der Waals surface area contributed by atoms with Gasteiger partial charge >= 0.3 is 0 Å². The van der Waals surface area contributed by atoms with E-state index in [0.29, 0.717) is 6.04 Å². The second-order valence-electron chi connectivity index (χ2n) is 6.89. The van der Waals surface area contributed by atoms with Crippen LogP contribution in [-0.2, 0) is 0 Å². The first-order valence-electron chi connectivity index (χ1n) is 9.63. The molecule has 1 aliphatic rings. The largest absolute Gasteiger partial charge is 0.497 e. The zero-order valence-corrected chi connectivity index (χ0v) is 17.0. The normalized spacial score (nSPS) is 16.8. The van der Waals surface area contributed by atoms with Gasteiger partial charge < -0.3 is 24.8 Å². The number of piperazine rings is 1. The summed E-state index contributed by atoms with van der Waals surface area (Å²) in [5.41, 5.74) is 1.22. The molecule has 0 spiro atoms. The first-order chi connectivity index (χ1) is 12.6. The van der Waals surface area contributed by atoms with Crippen LogP contribution in [0.15, 0.2) is 29.3 Å². The van der Waals surface area contributed by atoms with Crippen LogP contribution in [0.2, 0.25) is 0 Å². The number of rotatable bonds is 7. The number of methoxy groups -OCH3 is 1. The fourth-order valence-corrected chi connectivity index (χ4v) is 3.19. The van der Waals surface area contributed by atoms with Crippen molar-refractivity contribution >= 4 is 11.6 Å². The molecule has 6 nitrogen and oxygen atoms in total. The Hall–Kier alpha value is -1.95. The van der Waals surface area contributed by atoms with Crippen molar-refractivity contribution in [2.24, 2.45) is 4.99 Å². The van der Waals surface area contributed by atoms with Gasteiger partial charge in [-0.25, -0.2) is 0 Å². The molecule has 0 bridgehead atoms. The quantitative estimate of drug-likeness (QED) is 0.595. The summed E-state index contributed by atoms with van der Waals surface area (Å²) in [6.45, 7) is 10.4. The molecule has 1 aromatic rings. The molecule has 1 aromatic carbocycles. The Bertz CT molecular complexity index is 569.